The summed E-state index contributed by atoms with van der Waals surface area (Å²) in [5.74, 6) is 0. The van der Waals surface area contributed by atoms with Gasteiger partial charge in [-0.05, 0) is 32.0 Å². The molecule has 0 aliphatic rings. The minimum absolute atomic E-state index is 0.0406. The van der Waals surface area contributed by atoms with Crippen molar-refractivity contribution in [3.05, 3.63) is 64.1 Å². The Morgan fingerprint density at radius 1 is 1.14 bits per heavy atom. The number of nitrogens with one attached hydrogen (secondary N) is 1. The molecule has 0 radical (unpaired) electrons. The van der Waals surface area contributed by atoms with Gasteiger partial charge in [-0.2, -0.15) is 0 Å². The number of nitrogens with zero attached hydrogens (tertiary/aromatic N) is 3. The summed E-state index contributed by atoms with van der Waals surface area (Å²) in [4.78, 5) is 15.0. The third-order valence-corrected chi connectivity index (χ3v) is 3.45. The van der Waals surface area contributed by atoms with Gasteiger partial charge in [0.15, 0.2) is 0 Å². The predicted octanol–water partition coefficient (Wildman–Crippen LogP) is 3.44. The van der Waals surface area contributed by atoms with Gasteiger partial charge in [-0.15, -0.1) is 0 Å². The lowest BCUT2D eigenvalue weighted by atomic mass is 10.1. The van der Waals surface area contributed by atoms with E-state index in [9.17, 15) is 10.1 Å². The molecule has 1 N–H and O–H groups in total. The first-order valence-corrected chi connectivity index (χ1v) is 6.52. The van der Waals surface area contributed by atoms with E-state index < -0.39 is 4.92 Å². The summed E-state index contributed by atoms with van der Waals surface area (Å²) in [7, 11) is 0. The normalized spacial score (nSPS) is 10.8. The van der Waals surface area contributed by atoms with Crippen LogP contribution in [-0.2, 0) is 0 Å². The first-order chi connectivity index (χ1) is 10.1. The molecule has 0 saturated carbocycles. The molecular formula is C15H14N4O2. The Morgan fingerprint density at radius 2 is 1.81 bits per heavy atom. The lowest BCUT2D eigenvalue weighted by Gasteiger charge is -2.14. The van der Waals surface area contributed by atoms with Gasteiger partial charge in [-0.25, -0.2) is 4.98 Å². The fourth-order valence-corrected chi connectivity index (χ4v) is 2.34. The Labute approximate surface area is 121 Å². The van der Waals surface area contributed by atoms with Crippen molar-refractivity contribution < 1.29 is 4.92 Å². The van der Waals surface area contributed by atoms with E-state index in [0.29, 0.717) is 11.2 Å². The molecule has 0 atom stereocenters. The monoisotopic (exact) mass is 282 g/mol. The van der Waals surface area contributed by atoms with Crippen LogP contribution in [0.3, 0.4) is 0 Å². The highest BCUT2D eigenvalue weighted by atomic mass is 16.6. The van der Waals surface area contributed by atoms with E-state index in [1.165, 1.54) is 6.20 Å². The van der Waals surface area contributed by atoms with E-state index in [-0.39, 0.29) is 5.69 Å². The van der Waals surface area contributed by atoms with Crippen molar-refractivity contribution in [1.29, 1.82) is 0 Å². The number of anilines is 1. The molecule has 0 amide bonds. The zero-order valence-electron chi connectivity index (χ0n) is 11.7. The number of hydrogen-bond acceptors (Lipinski definition) is 4. The van der Waals surface area contributed by atoms with Crippen molar-refractivity contribution in [3.63, 3.8) is 0 Å². The second-order valence-electron chi connectivity index (χ2n) is 4.86. The largest absolute Gasteiger partial charge is 0.312 e. The third-order valence-electron chi connectivity index (χ3n) is 3.45. The highest BCUT2D eigenvalue weighted by Gasteiger charge is 2.19. The van der Waals surface area contributed by atoms with Gasteiger partial charge in [0.1, 0.15) is 11.9 Å². The van der Waals surface area contributed by atoms with Crippen LogP contribution in [0.4, 0.5) is 11.4 Å². The summed E-state index contributed by atoms with van der Waals surface area (Å²) in [6.45, 7) is 3.88. The van der Waals surface area contributed by atoms with Crippen molar-refractivity contribution >= 4 is 22.3 Å². The maximum Gasteiger partial charge on any atom is 0.312 e. The number of para-hydroxylation sites is 1. The molecule has 21 heavy (non-hydrogen) atoms. The van der Waals surface area contributed by atoms with E-state index in [1.54, 1.807) is 0 Å². The van der Waals surface area contributed by atoms with E-state index >= 15 is 0 Å². The molecule has 0 bridgehead atoms. The molecule has 3 aromatic rings. The number of fused-ring (bicyclic) bond motifs is 1. The second-order valence-corrected chi connectivity index (χ2v) is 4.86. The van der Waals surface area contributed by atoms with Gasteiger partial charge in [0.2, 0.25) is 0 Å². The molecule has 2 heterocycles. The fraction of sp³-hybridized carbons (Fsp3) is 0.133. The van der Waals surface area contributed by atoms with E-state index in [4.69, 9.17) is 0 Å². The van der Waals surface area contributed by atoms with Crippen LogP contribution < -0.4 is 5.43 Å². The standard InChI is InChI=1S/C15H14N4O2/c1-10-7-8-11(2)18(10)17-15-12-5-3-4-6-13(12)16-9-14(15)19(20)21/h3-9H,1-2H3,(H,16,17). The van der Waals surface area contributed by atoms with Gasteiger partial charge in [-0.3, -0.25) is 20.2 Å². The minimum atomic E-state index is -0.421. The number of aryl methyl sites for hydroxylation is 2. The molecule has 0 unspecified atom stereocenters. The Morgan fingerprint density at radius 3 is 2.48 bits per heavy atom. The number of aromatic nitrogens is 2. The lowest BCUT2D eigenvalue weighted by Crippen LogP contribution is -2.14. The summed E-state index contributed by atoms with van der Waals surface area (Å²) in [5.41, 5.74) is 6.22. The Kier molecular flexibility index (Phi) is 3.06. The van der Waals surface area contributed by atoms with Crippen LogP contribution in [0.1, 0.15) is 11.4 Å². The molecule has 106 valence electrons. The van der Waals surface area contributed by atoms with Crippen LogP contribution in [0.5, 0.6) is 0 Å². The molecule has 0 aliphatic carbocycles. The van der Waals surface area contributed by atoms with Crippen LogP contribution in [0.15, 0.2) is 42.6 Å². The Balaban J connectivity index is 2.24. The summed E-state index contributed by atoms with van der Waals surface area (Å²) < 4.78 is 1.83. The van der Waals surface area contributed by atoms with E-state index in [1.807, 2.05) is 54.9 Å². The average Bonchev–Trinajstić information content (AvgIpc) is 2.79. The number of benzene rings is 1. The predicted molar refractivity (Wildman–Crippen MR) is 81.3 cm³/mol. The van der Waals surface area contributed by atoms with Crippen LogP contribution in [0.25, 0.3) is 10.9 Å². The van der Waals surface area contributed by atoms with Gasteiger partial charge in [0, 0.05) is 16.8 Å². The van der Waals surface area contributed by atoms with Crippen molar-refractivity contribution in [2.24, 2.45) is 0 Å². The molecule has 6 nitrogen and oxygen atoms in total. The van der Waals surface area contributed by atoms with Crippen molar-refractivity contribution in [3.8, 4) is 0 Å². The molecule has 6 heteroatoms. The lowest BCUT2D eigenvalue weighted by molar-refractivity contribution is -0.384. The number of pyridine rings is 1. The van der Waals surface area contributed by atoms with Crippen molar-refractivity contribution in [2.75, 3.05) is 5.43 Å². The van der Waals surface area contributed by atoms with E-state index in [2.05, 4.69) is 10.4 Å². The summed E-state index contributed by atoms with van der Waals surface area (Å²) in [6.07, 6.45) is 1.29. The number of hydrogen-bond donors (Lipinski definition) is 1. The zero-order chi connectivity index (χ0) is 15.0. The van der Waals surface area contributed by atoms with Gasteiger partial charge >= 0.3 is 5.69 Å². The molecule has 0 saturated heterocycles. The Hall–Kier alpha value is -2.89. The first-order valence-electron chi connectivity index (χ1n) is 6.52. The highest BCUT2D eigenvalue weighted by Crippen LogP contribution is 2.31. The van der Waals surface area contributed by atoms with Gasteiger partial charge in [-0.1, -0.05) is 18.2 Å². The fourth-order valence-electron chi connectivity index (χ4n) is 2.34. The summed E-state index contributed by atoms with van der Waals surface area (Å²) >= 11 is 0. The van der Waals surface area contributed by atoms with Gasteiger partial charge < -0.3 is 0 Å². The molecule has 3 rings (SSSR count). The third kappa shape index (κ3) is 2.20. The molecular weight excluding hydrogens is 268 g/mol. The maximum absolute atomic E-state index is 11.3. The smallest absolute Gasteiger partial charge is 0.287 e. The SMILES string of the molecule is Cc1ccc(C)n1Nc1c([N+](=O)[O-])cnc2ccccc12. The maximum atomic E-state index is 11.3. The van der Waals surface area contributed by atoms with Crippen molar-refractivity contribution in [1.82, 2.24) is 9.66 Å². The average molecular weight is 282 g/mol. The zero-order valence-corrected chi connectivity index (χ0v) is 11.7. The topological polar surface area (TPSA) is 73.0 Å². The minimum Gasteiger partial charge on any atom is -0.287 e. The quantitative estimate of drug-likeness (QED) is 0.590. The first kappa shape index (κ1) is 13.1. The van der Waals surface area contributed by atoms with Gasteiger partial charge in [0.25, 0.3) is 0 Å². The van der Waals surface area contributed by atoms with Crippen LogP contribution in [0.2, 0.25) is 0 Å². The van der Waals surface area contributed by atoms with E-state index in [0.717, 1.165) is 16.8 Å². The van der Waals surface area contributed by atoms with Crippen molar-refractivity contribution in [2.45, 2.75) is 13.8 Å². The van der Waals surface area contributed by atoms with Gasteiger partial charge in [0.05, 0.1) is 10.4 Å². The second kappa shape index (κ2) is 4.90. The molecule has 0 spiro atoms. The molecule has 0 aliphatic heterocycles. The molecule has 0 fully saturated rings. The Bertz CT molecular complexity index is 819. The summed E-state index contributed by atoms with van der Waals surface area (Å²) in [6, 6.07) is 11.3. The van der Waals surface area contributed by atoms with Crippen LogP contribution >= 0.6 is 0 Å². The number of nitro groups is 1. The summed E-state index contributed by atoms with van der Waals surface area (Å²) in [5, 5.41) is 12.0. The van der Waals surface area contributed by atoms with Crippen LogP contribution in [0, 0.1) is 24.0 Å². The number of rotatable bonds is 3. The van der Waals surface area contributed by atoms with Crippen LogP contribution in [-0.4, -0.2) is 14.6 Å². The molecule has 1 aromatic carbocycles. The molecule has 2 aromatic heterocycles. The highest BCUT2D eigenvalue weighted by molar-refractivity contribution is 5.95.